The van der Waals surface area contributed by atoms with E-state index in [0.29, 0.717) is 22.6 Å². The Labute approximate surface area is 202 Å². The number of amides is 1. The van der Waals surface area contributed by atoms with Crippen molar-refractivity contribution < 1.29 is 22.7 Å². The number of benzene rings is 2. The van der Waals surface area contributed by atoms with Crippen molar-refractivity contribution in [3.63, 3.8) is 0 Å². The number of hydrogen-bond acceptors (Lipinski definition) is 6. The van der Waals surface area contributed by atoms with Crippen molar-refractivity contribution in [2.75, 3.05) is 46.2 Å². The summed E-state index contributed by atoms with van der Waals surface area (Å²) in [6.07, 6.45) is 2.26. The van der Waals surface area contributed by atoms with Crippen molar-refractivity contribution in [1.82, 2.24) is 9.21 Å². The second-order valence-electron chi connectivity index (χ2n) is 8.86. The van der Waals surface area contributed by atoms with E-state index in [2.05, 4.69) is 17.3 Å². The first-order valence-corrected chi connectivity index (χ1v) is 12.9. The van der Waals surface area contributed by atoms with Crippen LogP contribution in [0.1, 0.15) is 30.4 Å². The maximum absolute atomic E-state index is 13.1. The van der Waals surface area contributed by atoms with Gasteiger partial charge in [-0.25, -0.2) is 12.7 Å². The fraction of sp³-hybridized carbons (Fsp3) is 0.480. The number of nitrogens with one attached hydrogen (secondary N) is 1. The summed E-state index contributed by atoms with van der Waals surface area (Å²) >= 11 is 0. The quantitative estimate of drug-likeness (QED) is 0.581. The fourth-order valence-electron chi connectivity index (χ4n) is 4.11. The van der Waals surface area contributed by atoms with Gasteiger partial charge in [0.05, 0.1) is 12.0 Å². The van der Waals surface area contributed by atoms with E-state index in [1.807, 2.05) is 12.1 Å². The van der Waals surface area contributed by atoms with Crippen LogP contribution in [-0.2, 0) is 14.8 Å². The molecule has 0 spiro atoms. The predicted molar refractivity (Wildman–Crippen MR) is 133 cm³/mol. The summed E-state index contributed by atoms with van der Waals surface area (Å²) < 4.78 is 38.7. The molecular formula is C25H35N3O5S. The molecule has 0 radical (unpaired) electrons. The number of nitrogens with zero attached hydrogens (tertiary/aromatic N) is 2. The number of piperidine rings is 1. The Balaban J connectivity index is 1.53. The summed E-state index contributed by atoms with van der Waals surface area (Å²) in [6, 6.07) is 10.7. The number of aryl methyl sites for hydroxylation is 2. The molecule has 186 valence electrons. The lowest BCUT2D eigenvalue weighted by Gasteiger charge is -2.29. The van der Waals surface area contributed by atoms with Crippen molar-refractivity contribution in [2.24, 2.45) is 0 Å². The molecule has 2 aromatic rings. The van der Waals surface area contributed by atoms with Gasteiger partial charge in [0.2, 0.25) is 15.9 Å². The molecule has 0 bridgehead atoms. The van der Waals surface area contributed by atoms with E-state index in [-0.39, 0.29) is 29.9 Å². The number of carbonyl (C=O) groups is 1. The summed E-state index contributed by atoms with van der Waals surface area (Å²) in [6.45, 7) is 5.60. The van der Waals surface area contributed by atoms with Crippen molar-refractivity contribution in [3.05, 3.63) is 47.5 Å². The maximum Gasteiger partial charge on any atom is 0.243 e. The lowest BCUT2D eigenvalue weighted by molar-refractivity contribution is -0.116. The molecule has 1 saturated heterocycles. The molecule has 9 heteroatoms. The van der Waals surface area contributed by atoms with Crippen molar-refractivity contribution in [3.8, 4) is 11.5 Å². The van der Waals surface area contributed by atoms with E-state index in [0.717, 1.165) is 31.7 Å². The Kier molecular flexibility index (Phi) is 8.57. The Bertz CT molecular complexity index is 1070. The molecule has 1 fully saturated rings. The van der Waals surface area contributed by atoms with Gasteiger partial charge in [-0.2, -0.15) is 0 Å². The number of rotatable bonds is 9. The molecule has 1 aliphatic heterocycles. The smallest absolute Gasteiger partial charge is 0.243 e. The zero-order valence-corrected chi connectivity index (χ0v) is 21.4. The summed E-state index contributed by atoms with van der Waals surface area (Å²) in [5.41, 5.74) is 1.86. The average molecular weight is 490 g/mol. The molecule has 1 N–H and O–H groups in total. The van der Waals surface area contributed by atoms with Crippen LogP contribution in [0.15, 0.2) is 41.3 Å². The van der Waals surface area contributed by atoms with Crippen LogP contribution in [-0.4, -0.2) is 70.5 Å². The largest absolute Gasteiger partial charge is 0.497 e. The second kappa shape index (κ2) is 11.2. The van der Waals surface area contributed by atoms with E-state index in [9.17, 15) is 13.2 Å². The van der Waals surface area contributed by atoms with E-state index < -0.39 is 10.0 Å². The van der Waals surface area contributed by atoms with Crippen LogP contribution in [0.5, 0.6) is 11.5 Å². The first-order valence-electron chi connectivity index (χ1n) is 11.5. The van der Waals surface area contributed by atoms with Crippen LogP contribution in [0.2, 0.25) is 0 Å². The van der Waals surface area contributed by atoms with Gasteiger partial charge < -0.3 is 19.7 Å². The molecule has 0 aliphatic carbocycles. The molecule has 1 heterocycles. The minimum Gasteiger partial charge on any atom is -0.497 e. The van der Waals surface area contributed by atoms with Gasteiger partial charge in [0.15, 0.2) is 0 Å². The van der Waals surface area contributed by atoms with E-state index in [1.54, 1.807) is 45.2 Å². The third-order valence-corrected chi connectivity index (χ3v) is 8.26. The molecule has 8 nitrogen and oxygen atoms in total. The number of methoxy groups -OCH3 is 1. The van der Waals surface area contributed by atoms with Crippen molar-refractivity contribution in [2.45, 2.75) is 44.1 Å². The zero-order chi connectivity index (χ0) is 24.9. The number of likely N-dealkylation sites (tertiary alicyclic amines) is 1. The molecule has 0 unspecified atom stereocenters. The van der Waals surface area contributed by atoms with Gasteiger partial charge in [0, 0.05) is 38.8 Å². The number of anilines is 1. The Morgan fingerprint density at radius 3 is 2.24 bits per heavy atom. The van der Waals surface area contributed by atoms with Crippen LogP contribution >= 0.6 is 0 Å². The summed E-state index contributed by atoms with van der Waals surface area (Å²) in [7, 11) is 1.41. The van der Waals surface area contributed by atoms with Crippen LogP contribution in [0, 0.1) is 13.8 Å². The summed E-state index contributed by atoms with van der Waals surface area (Å²) in [5.74, 6) is 1.14. The zero-order valence-electron chi connectivity index (χ0n) is 20.6. The molecule has 0 saturated carbocycles. The lowest BCUT2D eigenvalue weighted by atomic mass is 10.1. The second-order valence-corrected chi connectivity index (χ2v) is 10.8. The van der Waals surface area contributed by atoms with Crippen LogP contribution in [0.4, 0.5) is 5.69 Å². The van der Waals surface area contributed by atoms with E-state index >= 15 is 0 Å². The van der Waals surface area contributed by atoms with Crippen LogP contribution in [0.3, 0.4) is 0 Å². The topological polar surface area (TPSA) is 88.2 Å². The summed E-state index contributed by atoms with van der Waals surface area (Å²) in [4.78, 5) is 15.0. The predicted octanol–water partition coefficient (Wildman–Crippen LogP) is 3.43. The van der Waals surface area contributed by atoms with Gasteiger partial charge in [-0.1, -0.05) is 0 Å². The number of ether oxygens (including phenoxy) is 2. The standard InChI is InChI=1S/C25H35N3O5S/c1-18-16-23(32-5)17-19(2)25(18)34(30,31)28(4)15-12-24(29)26-20-6-8-21(9-7-20)33-22-10-13-27(3)14-11-22/h6-9,16-17,22H,10-15H2,1-5H3,(H,26,29). The molecule has 34 heavy (non-hydrogen) atoms. The minimum absolute atomic E-state index is 0.0395. The molecule has 0 aromatic heterocycles. The Hall–Kier alpha value is -2.62. The molecule has 2 aromatic carbocycles. The number of hydrogen-bond donors (Lipinski definition) is 1. The molecule has 1 amide bonds. The van der Waals surface area contributed by atoms with E-state index in [1.165, 1.54) is 11.4 Å². The minimum atomic E-state index is -3.74. The molecular weight excluding hydrogens is 454 g/mol. The normalized spacial score (nSPS) is 15.4. The first-order chi connectivity index (χ1) is 16.1. The maximum atomic E-state index is 13.1. The molecule has 3 rings (SSSR count). The lowest BCUT2D eigenvalue weighted by Crippen LogP contribution is -2.35. The van der Waals surface area contributed by atoms with Crippen molar-refractivity contribution >= 4 is 21.6 Å². The highest BCUT2D eigenvalue weighted by atomic mass is 32.2. The number of sulfonamides is 1. The van der Waals surface area contributed by atoms with Crippen LogP contribution in [0.25, 0.3) is 0 Å². The average Bonchev–Trinajstić information content (AvgIpc) is 2.79. The third-order valence-electron chi connectivity index (χ3n) is 6.10. The summed E-state index contributed by atoms with van der Waals surface area (Å²) in [5, 5.41) is 2.82. The van der Waals surface area contributed by atoms with E-state index in [4.69, 9.17) is 9.47 Å². The number of carbonyl (C=O) groups excluding carboxylic acids is 1. The highest BCUT2D eigenvalue weighted by Crippen LogP contribution is 2.28. The first kappa shape index (κ1) is 26.0. The van der Waals surface area contributed by atoms with Crippen molar-refractivity contribution in [1.29, 1.82) is 0 Å². The third kappa shape index (κ3) is 6.49. The molecule has 1 aliphatic rings. The fourth-order valence-corrected chi connectivity index (χ4v) is 5.68. The monoisotopic (exact) mass is 489 g/mol. The highest BCUT2D eigenvalue weighted by molar-refractivity contribution is 7.89. The van der Waals surface area contributed by atoms with Gasteiger partial charge in [-0.05, 0) is 81.3 Å². The highest BCUT2D eigenvalue weighted by Gasteiger charge is 2.26. The molecule has 0 atom stereocenters. The van der Waals surface area contributed by atoms with Gasteiger partial charge in [0.1, 0.15) is 17.6 Å². The van der Waals surface area contributed by atoms with Gasteiger partial charge >= 0.3 is 0 Å². The SMILES string of the molecule is COc1cc(C)c(S(=O)(=O)N(C)CCC(=O)Nc2ccc(OC3CCN(C)CC3)cc2)c(C)c1. The Morgan fingerprint density at radius 1 is 1.09 bits per heavy atom. The van der Waals surface area contributed by atoms with Gasteiger partial charge in [-0.15, -0.1) is 0 Å². The Morgan fingerprint density at radius 2 is 1.68 bits per heavy atom. The van der Waals surface area contributed by atoms with Gasteiger partial charge in [-0.3, -0.25) is 4.79 Å². The van der Waals surface area contributed by atoms with Crippen LogP contribution < -0.4 is 14.8 Å². The van der Waals surface area contributed by atoms with Gasteiger partial charge in [0.25, 0.3) is 0 Å².